The molecule has 0 radical (unpaired) electrons. The maximum absolute atomic E-state index is 12.3. The number of benzene rings is 2. The molecule has 0 saturated heterocycles. The van der Waals surface area contributed by atoms with Crippen LogP contribution in [0, 0.1) is 6.92 Å². The maximum atomic E-state index is 12.3. The highest BCUT2D eigenvalue weighted by Crippen LogP contribution is 2.27. The first-order valence-electron chi connectivity index (χ1n) is 7.55. The van der Waals surface area contributed by atoms with Crippen LogP contribution >= 0.6 is 0 Å². The van der Waals surface area contributed by atoms with Gasteiger partial charge in [0.15, 0.2) is 0 Å². The Hall–Kier alpha value is -2.62. The van der Waals surface area contributed by atoms with Gasteiger partial charge in [0.1, 0.15) is 0 Å². The third kappa shape index (κ3) is 4.42. The van der Waals surface area contributed by atoms with Crippen LogP contribution in [0.5, 0.6) is 0 Å². The van der Waals surface area contributed by atoms with Crippen molar-refractivity contribution in [1.82, 2.24) is 0 Å². The summed E-state index contributed by atoms with van der Waals surface area (Å²) in [5.74, 6) is -0.613. The summed E-state index contributed by atoms with van der Waals surface area (Å²) in [5.41, 5.74) is 8.23. The zero-order valence-electron chi connectivity index (χ0n) is 13.7. The zero-order chi connectivity index (χ0) is 17.0. The minimum absolute atomic E-state index is 0.0998. The van der Waals surface area contributed by atoms with Crippen LogP contribution in [0.4, 0.5) is 5.69 Å². The van der Waals surface area contributed by atoms with E-state index in [1.807, 2.05) is 32.9 Å². The van der Waals surface area contributed by atoms with Gasteiger partial charge in [0.05, 0.1) is 0 Å². The van der Waals surface area contributed by atoms with Gasteiger partial charge in [-0.3, -0.25) is 9.59 Å². The van der Waals surface area contributed by atoms with E-state index in [9.17, 15) is 9.59 Å². The fraction of sp³-hybridized carbons (Fsp3) is 0.263. The minimum Gasteiger partial charge on any atom is -0.366 e. The van der Waals surface area contributed by atoms with Crippen molar-refractivity contribution in [2.24, 2.45) is 5.73 Å². The van der Waals surface area contributed by atoms with E-state index in [-0.39, 0.29) is 11.3 Å². The minimum atomic E-state index is -0.513. The predicted molar refractivity (Wildman–Crippen MR) is 92.4 cm³/mol. The molecule has 0 fully saturated rings. The molecular formula is C19H22N2O2. The molecule has 0 unspecified atom stereocenters. The summed E-state index contributed by atoms with van der Waals surface area (Å²) in [7, 11) is 0. The van der Waals surface area contributed by atoms with Gasteiger partial charge in [0.2, 0.25) is 11.8 Å². The van der Waals surface area contributed by atoms with Gasteiger partial charge < -0.3 is 11.1 Å². The number of nitrogens with one attached hydrogen (secondary N) is 1. The number of hydrogen-bond acceptors (Lipinski definition) is 2. The summed E-state index contributed by atoms with van der Waals surface area (Å²) < 4.78 is 0. The Morgan fingerprint density at radius 3 is 2.35 bits per heavy atom. The van der Waals surface area contributed by atoms with Gasteiger partial charge in [-0.2, -0.15) is 0 Å². The van der Waals surface area contributed by atoms with Gasteiger partial charge >= 0.3 is 0 Å². The summed E-state index contributed by atoms with van der Waals surface area (Å²) in [5, 5.41) is 2.83. The number of hydrogen-bond donors (Lipinski definition) is 2. The Bertz CT molecular complexity index is 718. The molecule has 0 aromatic heterocycles. The maximum Gasteiger partial charge on any atom is 0.248 e. The number of carbonyl (C=O) groups is 2. The number of carbonyl (C=O) groups excluding carboxylic acids is 2. The van der Waals surface area contributed by atoms with E-state index in [0.717, 1.165) is 5.56 Å². The first-order valence-corrected chi connectivity index (χ1v) is 7.55. The highest BCUT2D eigenvalue weighted by atomic mass is 16.2. The van der Waals surface area contributed by atoms with Gasteiger partial charge in [-0.15, -0.1) is 0 Å². The summed E-state index contributed by atoms with van der Waals surface area (Å²) in [6.45, 7) is 6.11. The molecule has 2 rings (SSSR count). The lowest BCUT2D eigenvalue weighted by Crippen LogP contribution is -2.26. The lowest BCUT2D eigenvalue weighted by molar-refractivity contribution is -0.117. The van der Waals surface area contributed by atoms with Gasteiger partial charge in [0.25, 0.3) is 0 Å². The molecule has 4 heteroatoms. The number of amides is 2. The quantitative estimate of drug-likeness (QED) is 0.888. The van der Waals surface area contributed by atoms with Gasteiger partial charge in [-0.05, 0) is 36.1 Å². The second-order valence-corrected chi connectivity index (χ2v) is 6.42. The molecule has 4 nitrogen and oxygen atoms in total. The molecular weight excluding hydrogens is 288 g/mol. The molecule has 3 N–H and O–H groups in total. The molecule has 0 atom stereocenters. The summed E-state index contributed by atoms with van der Waals surface area (Å²) in [4.78, 5) is 23.5. The van der Waals surface area contributed by atoms with E-state index in [0.29, 0.717) is 17.7 Å². The highest BCUT2D eigenvalue weighted by molar-refractivity contribution is 5.96. The number of nitrogens with two attached hydrogens (primary N) is 1. The third-order valence-electron chi connectivity index (χ3n) is 3.87. The smallest absolute Gasteiger partial charge is 0.248 e. The van der Waals surface area contributed by atoms with E-state index in [1.165, 1.54) is 5.56 Å². The lowest BCUT2D eigenvalue weighted by Gasteiger charge is -2.25. The van der Waals surface area contributed by atoms with Crippen molar-refractivity contribution in [1.29, 1.82) is 0 Å². The van der Waals surface area contributed by atoms with Crippen LogP contribution in [0.3, 0.4) is 0 Å². The molecule has 0 heterocycles. The van der Waals surface area contributed by atoms with Crippen LogP contribution in [0.25, 0.3) is 0 Å². The van der Waals surface area contributed by atoms with Crippen molar-refractivity contribution >= 4 is 17.5 Å². The average Bonchev–Trinajstić information content (AvgIpc) is 2.47. The largest absolute Gasteiger partial charge is 0.366 e. The molecule has 0 saturated carbocycles. The Balaban J connectivity index is 2.08. The molecule has 0 aliphatic rings. The van der Waals surface area contributed by atoms with E-state index in [4.69, 9.17) is 5.73 Å². The van der Waals surface area contributed by atoms with E-state index >= 15 is 0 Å². The number of primary amides is 1. The van der Waals surface area contributed by atoms with Crippen LogP contribution in [0.1, 0.15) is 41.8 Å². The second kappa shape index (κ2) is 6.65. The Labute approximate surface area is 136 Å². The van der Waals surface area contributed by atoms with Crippen molar-refractivity contribution < 1.29 is 9.59 Å². The summed E-state index contributed by atoms with van der Waals surface area (Å²) in [6, 6.07) is 14.8. The molecule has 0 spiro atoms. The first-order chi connectivity index (χ1) is 10.8. The van der Waals surface area contributed by atoms with Crippen molar-refractivity contribution in [3.8, 4) is 0 Å². The SMILES string of the molecule is Cc1ccc(C(C)(C)CC(=O)Nc2cccc(C(N)=O)c2)cc1. The van der Waals surface area contributed by atoms with Gasteiger partial charge in [0, 0.05) is 17.7 Å². The lowest BCUT2D eigenvalue weighted by atomic mass is 9.81. The average molecular weight is 310 g/mol. The van der Waals surface area contributed by atoms with Crippen LogP contribution in [0.2, 0.25) is 0 Å². The topological polar surface area (TPSA) is 72.2 Å². The number of anilines is 1. The Kier molecular flexibility index (Phi) is 4.84. The van der Waals surface area contributed by atoms with Crippen LogP contribution < -0.4 is 11.1 Å². The predicted octanol–water partition coefficient (Wildman–Crippen LogP) is 3.40. The second-order valence-electron chi connectivity index (χ2n) is 6.42. The number of aryl methyl sites for hydroxylation is 1. The van der Waals surface area contributed by atoms with E-state index in [2.05, 4.69) is 17.4 Å². The van der Waals surface area contributed by atoms with Crippen molar-refractivity contribution in [3.05, 3.63) is 65.2 Å². The fourth-order valence-electron chi connectivity index (χ4n) is 2.46. The zero-order valence-corrected chi connectivity index (χ0v) is 13.7. The monoisotopic (exact) mass is 310 g/mol. The van der Waals surface area contributed by atoms with Crippen LogP contribution in [-0.2, 0) is 10.2 Å². The van der Waals surface area contributed by atoms with Crippen LogP contribution in [0.15, 0.2) is 48.5 Å². The van der Waals surface area contributed by atoms with E-state index < -0.39 is 5.91 Å². The third-order valence-corrected chi connectivity index (χ3v) is 3.87. The molecule has 23 heavy (non-hydrogen) atoms. The molecule has 2 amide bonds. The molecule has 2 aromatic carbocycles. The molecule has 0 aliphatic heterocycles. The molecule has 0 bridgehead atoms. The summed E-state index contributed by atoms with van der Waals surface area (Å²) in [6.07, 6.45) is 0.344. The van der Waals surface area contributed by atoms with Crippen molar-refractivity contribution in [3.63, 3.8) is 0 Å². The summed E-state index contributed by atoms with van der Waals surface area (Å²) >= 11 is 0. The van der Waals surface area contributed by atoms with Crippen molar-refractivity contribution in [2.45, 2.75) is 32.6 Å². The van der Waals surface area contributed by atoms with Crippen molar-refractivity contribution in [2.75, 3.05) is 5.32 Å². The standard InChI is InChI=1S/C19H22N2O2/c1-13-7-9-15(10-8-13)19(2,3)12-17(22)21-16-6-4-5-14(11-16)18(20)23/h4-11H,12H2,1-3H3,(H2,20,23)(H,21,22). The Morgan fingerprint density at radius 2 is 1.74 bits per heavy atom. The Morgan fingerprint density at radius 1 is 1.09 bits per heavy atom. The van der Waals surface area contributed by atoms with Crippen LogP contribution in [-0.4, -0.2) is 11.8 Å². The normalized spacial score (nSPS) is 11.1. The molecule has 2 aromatic rings. The molecule has 0 aliphatic carbocycles. The van der Waals surface area contributed by atoms with Gasteiger partial charge in [-0.1, -0.05) is 49.7 Å². The highest BCUT2D eigenvalue weighted by Gasteiger charge is 2.24. The van der Waals surface area contributed by atoms with Gasteiger partial charge in [-0.25, -0.2) is 0 Å². The molecule has 120 valence electrons. The van der Waals surface area contributed by atoms with E-state index in [1.54, 1.807) is 24.3 Å². The first kappa shape index (κ1) is 16.7. The number of rotatable bonds is 5. The fourth-order valence-corrected chi connectivity index (χ4v) is 2.46.